The number of rotatable bonds is 6. The van der Waals surface area contributed by atoms with E-state index in [1.165, 1.54) is 0 Å². The third kappa shape index (κ3) is 3.75. The molecule has 3 atom stereocenters. The molecule has 2 N–H and O–H groups in total. The van der Waals surface area contributed by atoms with Crippen molar-refractivity contribution < 1.29 is 4.79 Å². The second-order valence-electron chi connectivity index (χ2n) is 4.83. The molecule has 0 fully saturated rings. The van der Waals surface area contributed by atoms with Crippen LogP contribution in [0.2, 0.25) is 5.31 Å². The maximum Gasteiger partial charge on any atom is 0.216 e. The van der Waals surface area contributed by atoms with Crippen LogP contribution < -0.4 is 5.73 Å². The number of hydrogen-bond acceptors (Lipinski definition) is 1. The highest BCUT2D eigenvalue weighted by Gasteiger charge is 2.48. The summed E-state index contributed by atoms with van der Waals surface area (Å²) in [7, 11) is 6.30. The van der Waals surface area contributed by atoms with Crippen molar-refractivity contribution in [2.75, 3.05) is 0 Å². The fourth-order valence-electron chi connectivity index (χ4n) is 1.55. The molecule has 1 amide bonds. The minimum Gasteiger partial charge on any atom is -0.370 e. The molecule has 2 radical (unpaired) electrons. The van der Waals surface area contributed by atoms with Crippen LogP contribution in [0.25, 0.3) is 0 Å². The van der Waals surface area contributed by atoms with Gasteiger partial charge in [-0.05, 0) is 19.3 Å². The van der Waals surface area contributed by atoms with Crippen LogP contribution in [0, 0.1) is 0 Å². The van der Waals surface area contributed by atoms with Gasteiger partial charge in [0.2, 0.25) is 5.91 Å². The van der Waals surface area contributed by atoms with Crippen LogP contribution in [0.1, 0.15) is 47.0 Å². The van der Waals surface area contributed by atoms with E-state index in [0.29, 0.717) is 6.42 Å². The highest BCUT2D eigenvalue weighted by Crippen LogP contribution is 2.52. The predicted octanol–water partition coefficient (Wildman–Crippen LogP) is 3.40. The predicted molar refractivity (Wildman–Crippen MR) is 87.7 cm³/mol. The van der Waals surface area contributed by atoms with E-state index in [2.05, 4.69) is 59.0 Å². The Bertz CT molecular complexity index is 269. The van der Waals surface area contributed by atoms with Crippen molar-refractivity contribution in [1.82, 2.24) is 0 Å². The molecule has 0 spiro atoms. The van der Waals surface area contributed by atoms with Crippen molar-refractivity contribution >= 4 is 58.9 Å². The molecule has 0 aliphatic rings. The van der Waals surface area contributed by atoms with E-state index in [0.717, 1.165) is 12.8 Å². The number of amides is 1. The summed E-state index contributed by atoms with van der Waals surface area (Å²) < 4.78 is -0.304. The van der Waals surface area contributed by atoms with Gasteiger partial charge in [0.15, 0.2) is 0 Å². The van der Waals surface area contributed by atoms with Gasteiger partial charge in [-0.2, -0.15) is 0 Å². The molecule has 0 aliphatic carbocycles. The molecule has 0 aromatic rings. The first-order valence-corrected chi connectivity index (χ1v) is 7.65. The van der Waals surface area contributed by atoms with Crippen LogP contribution in [0.3, 0.4) is 0 Å². The molecule has 0 heterocycles. The molecule has 0 aromatic carbocycles. The summed E-state index contributed by atoms with van der Waals surface area (Å²) in [6.07, 6.45) is 2.40. The Morgan fingerprint density at radius 2 is 1.69 bits per heavy atom. The van der Waals surface area contributed by atoms with Gasteiger partial charge in [0, 0.05) is 12.2 Å². The first-order chi connectivity index (χ1) is 7.02. The van der Waals surface area contributed by atoms with Crippen LogP contribution in [0.5, 0.6) is 0 Å². The zero-order valence-electron chi connectivity index (χ0n) is 10.4. The lowest BCUT2D eigenvalue weighted by Gasteiger charge is -2.44. The molecule has 0 rings (SSSR count). The molecular formula is C11H20BI2NO. The summed E-state index contributed by atoms with van der Waals surface area (Å²) in [6, 6.07) is 0. The topological polar surface area (TPSA) is 43.1 Å². The number of nitrogens with two attached hydrogens (primary N) is 1. The normalized spacial score (nSPS) is 22.9. The molecule has 2 nitrogen and oxygen atoms in total. The Labute approximate surface area is 128 Å². The molecule has 0 aromatic heterocycles. The highest BCUT2D eigenvalue weighted by molar-refractivity contribution is 14.1. The maximum atomic E-state index is 11.7. The SMILES string of the molecule is [B]C(CC(C)(I)CC)(C(N)=O)C(C)(I)CC. The summed E-state index contributed by atoms with van der Waals surface area (Å²) in [5, 5.41) is -0.950. The van der Waals surface area contributed by atoms with Crippen molar-refractivity contribution in [3.63, 3.8) is 0 Å². The highest BCUT2D eigenvalue weighted by atomic mass is 127. The number of halogens is 2. The lowest BCUT2D eigenvalue weighted by atomic mass is 9.56. The average Bonchev–Trinajstić information content (AvgIpc) is 2.16. The maximum absolute atomic E-state index is 11.7. The van der Waals surface area contributed by atoms with E-state index >= 15 is 0 Å². The largest absolute Gasteiger partial charge is 0.370 e. The van der Waals surface area contributed by atoms with Gasteiger partial charge in [-0.25, -0.2) is 0 Å². The Balaban J connectivity index is 5.23. The van der Waals surface area contributed by atoms with Gasteiger partial charge >= 0.3 is 0 Å². The first-order valence-electron chi connectivity index (χ1n) is 5.49. The Morgan fingerprint density at radius 1 is 1.25 bits per heavy atom. The molecule has 0 saturated carbocycles. The van der Waals surface area contributed by atoms with Gasteiger partial charge in [-0.3, -0.25) is 4.79 Å². The third-order valence-corrected chi connectivity index (χ3v) is 6.29. The van der Waals surface area contributed by atoms with Gasteiger partial charge < -0.3 is 5.73 Å². The van der Waals surface area contributed by atoms with Gasteiger partial charge in [-0.15, -0.1) is 0 Å². The van der Waals surface area contributed by atoms with Crippen LogP contribution >= 0.6 is 45.2 Å². The quantitative estimate of drug-likeness (QED) is 0.379. The average molecular weight is 447 g/mol. The molecule has 5 heteroatoms. The Kier molecular flexibility index (Phi) is 6.11. The number of carbonyl (C=O) groups is 1. The van der Waals surface area contributed by atoms with Crippen molar-refractivity contribution in [3.8, 4) is 0 Å². The Morgan fingerprint density at radius 3 is 1.94 bits per heavy atom. The van der Waals surface area contributed by atoms with E-state index in [1.54, 1.807) is 0 Å². The van der Waals surface area contributed by atoms with Crippen molar-refractivity contribution in [3.05, 3.63) is 0 Å². The van der Waals surface area contributed by atoms with E-state index in [9.17, 15) is 4.79 Å². The van der Waals surface area contributed by atoms with E-state index in [1.807, 2.05) is 13.8 Å². The van der Waals surface area contributed by atoms with E-state index in [4.69, 9.17) is 13.6 Å². The molecule has 16 heavy (non-hydrogen) atoms. The van der Waals surface area contributed by atoms with E-state index < -0.39 is 11.2 Å². The third-order valence-electron chi connectivity index (χ3n) is 3.42. The van der Waals surface area contributed by atoms with Crippen molar-refractivity contribution in [2.45, 2.75) is 59.1 Å². The number of primary amides is 1. The van der Waals surface area contributed by atoms with Gasteiger partial charge in [0.1, 0.15) is 0 Å². The number of alkyl halides is 2. The lowest BCUT2D eigenvalue weighted by Crippen LogP contribution is -2.48. The lowest BCUT2D eigenvalue weighted by molar-refractivity contribution is -0.122. The second-order valence-corrected chi connectivity index (χ2v) is 9.82. The zero-order chi connectivity index (χ0) is 13.2. The van der Waals surface area contributed by atoms with Gasteiger partial charge in [0.05, 0.1) is 7.85 Å². The van der Waals surface area contributed by atoms with Crippen LogP contribution in [0.4, 0.5) is 0 Å². The first kappa shape index (κ1) is 17.0. The molecule has 0 saturated heterocycles. The second kappa shape index (κ2) is 5.76. The fourth-order valence-corrected chi connectivity index (χ4v) is 2.61. The summed E-state index contributed by atoms with van der Waals surface area (Å²) in [5.74, 6) is -0.400. The molecule has 0 aliphatic heterocycles. The molecule has 92 valence electrons. The van der Waals surface area contributed by atoms with Gasteiger partial charge in [-0.1, -0.05) is 72.9 Å². The summed E-state index contributed by atoms with van der Waals surface area (Å²) in [5.41, 5.74) is 5.52. The van der Waals surface area contributed by atoms with Gasteiger partial charge in [0.25, 0.3) is 0 Å². The fraction of sp³-hybridized carbons (Fsp3) is 0.909. The molecule has 0 bridgehead atoms. The van der Waals surface area contributed by atoms with E-state index in [-0.39, 0.29) is 6.84 Å². The minimum atomic E-state index is -0.950. The standard InChI is InChI=1S/C11H20BI2NO/c1-5-9(3,13)7-11(12,8(15)16)10(4,14)6-2/h5-7H2,1-4H3,(H2,15,16). The van der Waals surface area contributed by atoms with Crippen molar-refractivity contribution in [2.24, 2.45) is 5.73 Å². The van der Waals surface area contributed by atoms with Crippen molar-refractivity contribution in [1.29, 1.82) is 0 Å². The number of hydrogen-bond donors (Lipinski definition) is 1. The Hall–Kier alpha value is 0.995. The smallest absolute Gasteiger partial charge is 0.216 e. The van der Waals surface area contributed by atoms with Crippen LogP contribution in [-0.4, -0.2) is 20.6 Å². The zero-order valence-corrected chi connectivity index (χ0v) is 14.8. The minimum absolute atomic E-state index is 0.00312. The molecular weight excluding hydrogens is 427 g/mol. The monoisotopic (exact) mass is 447 g/mol. The summed E-state index contributed by atoms with van der Waals surface area (Å²) in [4.78, 5) is 11.7. The molecule has 3 unspecified atom stereocenters. The number of carbonyl (C=O) groups excluding carboxylic acids is 1. The van der Waals surface area contributed by atoms with Crippen LogP contribution in [0.15, 0.2) is 0 Å². The van der Waals surface area contributed by atoms with Crippen LogP contribution in [-0.2, 0) is 4.79 Å². The summed E-state index contributed by atoms with van der Waals surface area (Å²) in [6.45, 7) is 8.25. The summed E-state index contributed by atoms with van der Waals surface area (Å²) >= 11 is 4.62.